The molecule has 1 N–H and O–H groups in total. The van der Waals surface area contributed by atoms with Crippen molar-refractivity contribution in [3.05, 3.63) is 58.3 Å². The van der Waals surface area contributed by atoms with Crippen molar-refractivity contribution in [1.82, 2.24) is 4.98 Å². The van der Waals surface area contributed by atoms with Gasteiger partial charge in [0.05, 0.1) is 17.9 Å². The highest BCUT2D eigenvalue weighted by molar-refractivity contribution is 6.30. The second-order valence-electron chi connectivity index (χ2n) is 4.03. The molecule has 1 aromatic carbocycles. The molecule has 0 saturated heterocycles. The average Bonchev–Trinajstić information content (AvgIpc) is 2.39. The van der Waals surface area contributed by atoms with Crippen molar-refractivity contribution in [2.45, 2.75) is 19.4 Å². The van der Waals surface area contributed by atoms with E-state index in [2.05, 4.69) is 17.2 Å². The first-order valence-electron chi connectivity index (χ1n) is 5.82. The van der Waals surface area contributed by atoms with Crippen LogP contribution < -0.4 is 5.32 Å². The van der Waals surface area contributed by atoms with Gasteiger partial charge in [-0.25, -0.2) is 4.98 Å². The zero-order valence-electron chi connectivity index (χ0n) is 10.0. The maximum Gasteiger partial charge on any atom is 0.129 e. The van der Waals surface area contributed by atoms with Crippen LogP contribution in [0.25, 0.3) is 0 Å². The van der Waals surface area contributed by atoms with Crippen molar-refractivity contribution in [3.8, 4) is 0 Å². The number of anilines is 1. The number of pyridine rings is 1. The Kier molecular flexibility index (Phi) is 4.45. The molecule has 0 saturated carbocycles. The summed E-state index contributed by atoms with van der Waals surface area (Å²) in [5.41, 5.74) is 2.16. The third-order valence-electron chi connectivity index (χ3n) is 2.75. The molecule has 1 atom stereocenters. The van der Waals surface area contributed by atoms with Crippen molar-refractivity contribution in [2.24, 2.45) is 0 Å². The molecule has 1 heterocycles. The van der Waals surface area contributed by atoms with Crippen LogP contribution in [0.2, 0.25) is 10.2 Å². The Morgan fingerprint density at radius 2 is 1.83 bits per heavy atom. The van der Waals surface area contributed by atoms with Crippen molar-refractivity contribution in [2.75, 3.05) is 5.32 Å². The second kappa shape index (κ2) is 6.07. The predicted octanol–water partition coefficient (Wildman–Crippen LogP) is 4.95. The maximum absolute atomic E-state index is 5.89. The Hall–Kier alpha value is -1.25. The molecule has 2 aromatic rings. The molecule has 2 rings (SSSR count). The van der Waals surface area contributed by atoms with Crippen LogP contribution in [0.15, 0.2) is 42.6 Å². The molecule has 94 valence electrons. The molecule has 4 heteroatoms. The van der Waals surface area contributed by atoms with Gasteiger partial charge in [-0.15, -0.1) is 0 Å². The summed E-state index contributed by atoms with van der Waals surface area (Å²) in [4.78, 5) is 4.06. The quantitative estimate of drug-likeness (QED) is 0.802. The van der Waals surface area contributed by atoms with E-state index in [1.807, 2.05) is 30.3 Å². The minimum atomic E-state index is 0.241. The highest BCUT2D eigenvalue weighted by Gasteiger charge is 2.09. The number of rotatable bonds is 4. The van der Waals surface area contributed by atoms with E-state index in [0.29, 0.717) is 5.15 Å². The van der Waals surface area contributed by atoms with Gasteiger partial charge in [0, 0.05) is 5.02 Å². The standard InChI is InChI=1S/C14H14Cl2N2/c1-2-13(10-3-5-11(15)6-4-10)18-12-7-8-14(16)17-9-12/h3-9,13,18H,2H2,1H3. The van der Waals surface area contributed by atoms with E-state index >= 15 is 0 Å². The Bertz CT molecular complexity index is 494. The molecule has 1 unspecified atom stereocenters. The molecule has 1 aromatic heterocycles. The monoisotopic (exact) mass is 280 g/mol. The van der Waals surface area contributed by atoms with E-state index in [4.69, 9.17) is 23.2 Å². The minimum absolute atomic E-state index is 0.241. The van der Waals surface area contributed by atoms with Gasteiger partial charge >= 0.3 is 0 Å². The van der Waals surface area contributed by atoms with Crippen LogP contribution in [0.4, 0.5) is 5.69 Å². The lowest BCUT2D eigenvalue weighted by Crippen LogP contribution is -2.09. The first-order valence-corrected chi connectivity index (χ1v) is 6.58. The number of hydrogen-bond acceptors (Lipinski definition) is 2. The first kappa shape index (κ1) is 13.2. The van der Waals surface area contributed by atoms with E-state index in [9.17, 15) is 0 Å². The lowest BCUT2D eigenvalue weighted by molar-refractivity contribution is 0.749. The van der Waals surface area contributed by atoms with Gasteiger partial charge in [0.25, 0.3) is 0 Å². The Morgan fingerprint density at radius 3 is 2.39 bits per heavy atom. The summed E-state index contributed by atoms with van der Waals surface area (Å²) in [6.07, 6.45) is 2.71. The van der Waals surface area contributed by atoms with Crippen LogP contribution in [-0.2, 0) is 0 Å². The summed E-state index contributed by atoms with van der Waals surface area (Å²) < 4.78 is 0. The summed E-state index contributed by atoms with van der Waals surface area (Å²) in [7, 11) is 0. The van der Waals surface area contributed by atoms with Crippen LogP contribution in [-0.4, -0.2) is 4.98 Å². The van der Waals surface area contributed by atoms with Crippen LogP contribution in [0.1, 0.15) is 24.9 Å². The van der Waals surface area contributed by atoms with Gasteiger partial charge in [-0.2, -0.15) is 0 Å². The zero-order valence-corrected chi connectivity index (χ0v) is 11.5. The van der Waals surface area contributed by atoms with Gasteiger partial charge in [0.2, 0.25) is 0 Å². The SMILES string of the molecule is CCC(Nc1ccc(Cl)nc1)c1ccc(Cl)cc1. The van der Waals surface area contributed by atoms with Crippen LogP contribution in [0.3, 0.4) is 0 Å². The van der Waals surface area contributed by atoms with E-state index in [-0.39, 0.29) is 6.04 Å². The van der Waals surface area contributed by atoms with Gasteiger partial charge in [0.15, 0.2) is 0 Å². The van der Waals surface area contributed by atoms with Gasteiger partial charge in [-0.3, -0.25) is 0 Å². The molecule has 0 aliphatic heterocycles. The smallest absolute Gasteiger partial charge is 0.129 e. The molecular weight excluding hydrogens is 267 g/mol. The fourth-order valence-electron chi connectivity index (χ4n) is 1.78. The average molecular weight is 281 g/mol. The fourth-order valence-corrected chi connectivity index (χ4v) is 2.02. The number of benzene rings is 1. The summed E-state index contributed by atoms with van der Waals surface area (Å²) in [5, 5.41) is 4.68. The fraction of sp³-hybridized carbons (Fsp3) is 0.214. The molecule has 2 nitrogen and oxygen atoms in total. The summed E-state index contributed by atoms with van der Waals surface area (Å²) in [6, 6.07) is 11.8. The Morgan fingerprint density at radius 1 is 1.11 bits per heavy atom. The molecule has 0 bridgehead atoms. The first-order chi connectivity index (χ1) is 8.69. The molecule has 0 radical (unpaired) electrons. The zero-order chi connectivity index (χ0) is 13.0. The van der Waals surface area contributed by atoms with Crippen molar-refractivity contribution < 1.29 is 0 Å². The third-order valence-corrected chi connectivity index (χ3v) is 3.22. The van der Waals surface area contributed by atoms with E-state index in [1.54, 1.807) is 12.3 Å². The van der Waals surface area contributed by atoms with Crippen LogP contribution >= 0.6 is 23.2 Å². The van der Waals surface area contributed by atoms with Gasteiger partial charge in [0.1, 0.15) is 5.15 Å². The number of nitrogens with one attached hydrogen (secondary N) is 1. The van der Waals surface area contributed by atoms with E-state index in [1.165, 1.54) is 5.56 Å². The number of aromatic nitrogens is 1. The lowest BCUT2D eigenvalue weighted by Gasteiger charge is -2.18. The Balaban J connectivity index is 2.14. The predicted molar refractivity (Wildman–Crippen MR) is 77.4 cm³/mol. The van der Waals surface area contributed by atoms with E-state index in [0.717, 1.165) is 17.1 Å². The normalized spacial score (nSPS) is 12.2. The largest absolute Gasteiger partial charge is 0.377 e. The van der Waals surface area contributed by atoms with E-state index < -0.39 is 0 Å². The molecule has 0 aliphatic rings. The summed E-state index contributed by atoms with van der Waals surface area (Å²) >= 11 is 11.7. The highest BCUT2D eigenvalue weighted by atomic mass is 35.5. The second-order valence-corrected chi connectivity index (χ2v) is 4.85. The molecule has 0 aliphatic carbocycles. The third kappa shape index (κ3) is 3.37. The number of halogens is 2. The lowest BCUT2D eigenvalue weighted by atomic mass is 10.0. The van der Waals surface area contributed by atoms with Gasteiger partial charge in [-0.05, 0) is 36.2 Å². The Labute approximate surface area is 117 Å². The van der Waals surface area contributed by atoms with Crippen LogP contribution in [0, 0.1) is 0 Å². The molecular formula is C14H14Cl2N2. The van der Waals surface area contributed by atoms with Gasteiger partial charge in [-0.1, -0.05) is 42.3 Å². The minimum Gasteiger partial charge on any atom is -0.377 e. The molecule has 0 fully saturated rings. The number of nitrogens with zero attached hydrogens (tertiary/aromatic N) is 1. The molecule has 0 spiro atoms. The van der Waals surface area contributed by atoms with Crippen LogP contribution in [0.5, 0.6) is 0 Å². The van der Waals surface area contributed by atoms with Crippen molar-refractivity contribution in [3.63, 3.8) is 0 Å². The highest BCUT2D eigenvalue weighted by Crippen LogP contribution is 2.23. The van der Waals surface area contributed by atoms with Gasteiger partial charge < -0.3 is 5.32 Å². The van der Waals surface area contributed by atoms with Crippen molar-refractivity contribution in [1.29, 1.82) is 0 Å². The molecule has 0 amide bonds. The summed E-state index contributed by atoms with van der Waals surface area (Å²) in [6.45, 7) is 2.13. The molecule has 18 heavy (non-hydrogen) atoms. The maximum atomic E-state index is 5.89. The number of hydrogen-bond donors (Lipinski definition) is 1. The van der Waals surface area contributed by atoms with Crippen molar-refractivity contribution >= 4 is 28.9 Å². The summed E-state index contributed by atoms with van der Waals surface area (Å²) in [5.74, 6) is 0. The topological polar surface area (TPSA) is 24.9 Å².